The maximum atomic E-state index is 13.1. The molecule has 7 nitrogen and oxygen atoms in total. The van der Waals surface area contributed by atoms with Crippen LogP contribution in [0, 0.1) is 18.8 Å². The largest absolute Gasteiger partial charge is 0.479 e. The van der Waals surface area contributed by atoms with Crippen LogP contribution >= 0.6 is 22.9 Å². The van der Waals surface area contributed by atoms with Gasteiger partial charge in [-0.25, -0.2) is 18.2 Å². The maximum absolute atomic E-state index is 13.1. The molecule has 1 aromatic heterocycles. The van der Waals surface area contributed by atoms with Crippen molar-refractivity contribution >= 4 is 54.8 Å². The SMILES string of the molecule is Cc1nc2cccc(S(=O)(=O)Nc3ccc(Cl)cc3C#CCOC(C)(C)C(=O)O)c2s1. The van der Waals surface area contributed by atoms with Gasteiger partial charge in [0.2, 0.25) is 0 Å². The van der Waals surface area contributed by atoms with Gasteiger partial charge >= 0.3 is 5.97 Å². The van der Waals surface area contributed by atoms with Crippen molar-refractivity contribution in [3.8, 4) is 11.8 Å². The number of ether oxygens (including phenoxy) is 1. The quantitative estimate of drug-likeness (QED) is 0.512. The number of aliphatic carboxylic acids is 1. The molecule has 2 aromatic carbocycles. The Balaban J connectivity index is 1.90. The van der Waals surface area contributed by atoms with Crippen LogP contribution in [0.15, 0.2) is 41.3 Å². The minimum absolute atomic E-state index is 0.121. The molecule has 0 amide bonds. The van der Waals surface area contributed by atoms with Gasteiger partial charge < -0.3 is 9.84 Å². The van der Waals surface area contributed by atoms with Gasteiger partial charge in [-0.1, -0.05) is 29.5 Å². The van der Waals surface area contributed by atoms with E-state index < -0.39 is 21.6 Å². The summed E-state index contributed by atoms with van der Waals surface area (Å²) in [5.41, 5.74) is -0.202. The fraction of sp³-hybridized carbons (Fsp3) is 0.238. The number of hydrogen-bond donors (Lipinski definition) is 2. The number of fused-ring (bicyclic) bond motifs is 1. The number of thiazole rings is 1. The Morgan fingerprint density at radius 3 is 2.77 bits per heavy atom. The summed E-state index contributed by atoms with van der Waals surface area (Å²) < 4.78 is 34.6. The summed E-state index contributed by atoms with van der Waals surface area (Å²) >= 11 is 7.35. The Labute approximate surface area is 189 Å². The Kier molecular flexibility index (Phi) is 6.57. The van der Waals surface area contributed by atoms with Crippen LogP contribution in [-0.2, 0) is 19.6 Å². The van der Waals surface area contributed by atoms with E-state index in [0.29, 0.717) is 20.8 Å². The van der Waals surface area contributed by atoms with Crippen LogP contribution in [0.1, 0.15) is 24.4 Å². The molecule has 0 saturated heterocycles. The van der Waals surface area contributed by atoms with Crippen molar-refractivity contribution in [1.82, 2.24) is 4.98 Å². The number of nitrogens with zero attached hydrogens (tertiary/aromatic N) is 1. The number of nitrogens with one attached hydrogen (secondary N) is 1. The summed E-state index contributed by atoms with van der Waals surface area (Å²) in [7, 11) is -3.93. The molecule has 0 spiro atoms. The number of hydrogen-bond acceptors (Lipinski definition) is 6. The van der Waals surface area contributed by atoms with Gasteiger partial charge in [-0.2, -0.15) is 0 Å². The van der Waals surface area contributed by atoms with Gasteiger partial charge in [0.25, 0.3) is 10.0 Å². The summed E-state index contributed by atoms with van der Waals surface area (Å²) in [6.07, 6.45) is 0. The Morgan fingerprint density at radius 2 is 2.06 bits per heavy atom. The molecule has 3 aromatic rings. The fourth-order valence-corrected chi connectivity index (χ4v) is 5.20. The smallest absolute Gasteiger partial charge is 0.335 e. The first-order chi connectivity index (χ1) is 14.5. The molecule has 0 fully saturated rings. The van der Waals surface area contributed by atoms with Gasteiger partial charge in [0, 0.05) is 5.02 Å². The van der Waals surface area contributed by atoms with Crippen LogP contribution in [-0.4, -0.2) is 36.7 Å². The van der Waals surface area contributed by atoms with Crippen molar-refractivity contribution in [1.29, 1.82) is 0 Å². The molecule has 31 heavy (non-hydrogen) atoms. The molecule has 0 aliphatic rings. The van der Waals surface area contributed by atoms with E-state index in [1.807, 2.05) is 6.92 Å². The summed E-state index contributed by atoms with van der Waals surface area (Å²) in [6, 6.07) is 9.50. The average molecular weight is 479 g/mol. The lowest BCUT2D eigenvalue weighted by atomic mass is 10.1. The molecule has 3 rings (SSSR count). The lowest BCUT2D eigenvalue weighted by molar-refractivity contribution is -0.159. The molecule has 0 saturated carbocycles. The number of carbonyl (C=O) groups is 1. The van der Waals surface area contributed by atoms with Crippen LogP contribution in [0.25, 0.3) is 10.2 Å². The zero-order valence-electron chi connectivity index (χ0n) is 16.9. The van der Waals surface area contributed by atoms with E-state index in [-0.39, 0.29) is 17.2 Å². The van der Waals surface area contributed by atoms with Crippen molar-refractivity contribution in [3.05, 3.63) is 52.0 Å². The molecule has 10 heteroatoms. The number of benzene rings is 2. The standard InChI is InChI=1S/C21H19ClN2O5S2/c1-13-23-17-7-4-8-18(19(17)30-13)31(27,28)24-16-10-9-15(22)12-14(16)6-5-11-29-21(2,3)20(25)26/h4,7-10,12,24H,11H2,1-3H3,(H,25,26). The third-order valence-corrected chi connectivity index (χ3v) is 7.04. The number of sulfonamides is 1. The van der Waals surface area contributed by atoms with Gasteiger partial charge in [0.1, 0.15) is 11.5 Å². The van der Waals surface area contributed by atoms with Crippen molar-refractivity contribution in [2.45, 2.75) is 31.3 Å². The molecule has 0 bridgehead atoms. The number of aromatic nitrogens is 1. The van der Waals surface area contributed by atoms with Gasteiger partial charge in [0.15, 0.2) is 5.60 Å². The van der Waals surface area contributed by atoms with Crippen molar-refractivity contribution in [2.24, 2.45) is 0 Å². The van der Waals surface area contributed by atoms with Crippen molar-refractivity contribution in [2.75, 3.05) is 11.3 Å². The lowest BCUT2D eigenvalue weighted by Crippen LogP contribution is -2.34. The second-order valence-corrected chi connectivity index (χ2v) is 10.3. The minimum Gasteiger partial charge on any atom is -0.479 e. The maximum Gasteiger partial charge on any atom is 0.335 e. The second kappa shape index (κ2) is 8.85. The summed E-state index contributed by atoms with van der Waals surface area (Å²) in [6.45, 7) is 4.49. The van der Waals surface area contributed by atoms with Crippen molar-refractivity contribution in [3.63, 3.8) is 0 Å². The van der Waals surface area contributed by atoms with E-state index in [0.717, 1.165) is 5.01 Å². The highest BCUT2D eigenvalue weighted by Crippen LogP contribution is 2.30. The third-order valence-electron chi connectivity index (χ3n) is 4.24. The van der Waals surface area contributed by atoms with Crippen LogP contribution in [0.5, 0.6) is 0 Å². The predicted molar refractivity (Wildman–Crippen MR) is 121 cm³/mol. The van der Waals surface area contributed by atoms with E-state index in [2.05, 4.69) is 21.5 Å². The van der Waals surface area contributed by atoms with Crippen LogP contribution in [0.3, 0.4) is 0 Å². The highest BCUT2D eigenvalue weighted by molar-refractivity contribution is 7.93. The molecular formula is C21H19ClN2O5S2. The number of rotatable bonds is 6. The lowest BCUT2D eigenvalue weighted by Gasteiger charge is -2.17. The molecule has 0 atom stereocenters. The van der Waals surface area contributed by atoms with Crippen LogP contribution in [0.4, 0.5) is 5.69 Å². The van der Waals surface area contributed by atoms with Gasteiger partial charge in [-0.3, -0.25) is 4.72 Å². The molecule has 2 N–H and O–H groups in total. The van der Waals surface area contributed by atoms with Gasteiger partial charge in [-0.05, 0) is 51.1 Å². The number of anilines is 1. The molecular weight excluding hydrogens is 460 g/mol. The van der Waals surface area contributed by atoms with E-state index in [4.69, 9.17) is 21.4 Å². The van der Waals surface area contributed by atoms with E-state index >= 15 is 0 Å². The Bertz CT molecular complexity index is 1320. The van der Waals surface area contributed by atoms with E-state index in [9.17, 15) is 13.2 Å². The molecule has 0 radical (unpaired) electrons. The highest BCUT2D eigenvalue weighted by Gasteiger charge is 2.27. The van der Waals surface area contributed by atoms with Gasteiger partial charge in [-0.15, -0.1) is 11.3 Å². The minimum atomic E-state index is -3.93. The van der Waals surface area contributed by atoms with E-state index in [1.54, 1.807) is 18.2 Å². The predicted octanol–water partition coefficient (Wildman–Crippen LogP) is 4.29. The number of aryl methyl sites for hydroxylation is 1. The molecule has 1 heterocycles. The first-order valence-corrected chi connectivity index (χ1v) is 11.7. The van der Waals surface area contributed by atoms with E-state index in [1.165, 1.54) is 43.4 Å². The zero-order chi connectivity index (χ0) is 22.8. The second-order valence-electron chi connectivity index (χ2n) is 7.04. The van der Waals surface area contributed by atoms with Gasteiger partial charge in [0.05, 0.1) is 26.5 Å². The summed E-state index contributed by atoms with van der Waals surface area (Å²) in [4.78, 5) is 15.6. The average Bonchev–Trinajstić information content (AvgIpc) is 3.06. The zero-order valence-corrected chi connectivity index (χ0v) is 19.3. The number of carboxylic acids is 1. The number of halogens is 1. The van der Waals surface area contributed by atoms with Crippen LogP contribution in [0.2, 0.25) is 5.02 Å². The first-order valence-electron chi connectivity index (χ1n) is 9.04. The summed E-state index contributed by atoms with van der Waals surface area (Å²) in [5, 5.41) is 10.2. The first kappa shape index (κ1) is 23.0. The molecule has 0 aliphatic heterocycles. The Morgan fingerprint density at radius 1 is 1.32 bits per heavy atom. The van der Waals surface area contributed by atoms with Crippen LogP contribution < -0.4 is 4.72 Å². The van der Waals surface area contributed by atoms with Crippen molar-refractivity contribution < 1.29 is 23.1 Å². The summed E-state index contributed by atoms with van der Waals surface area (Å²) in [5.74, 6) is 4.38. The Hall–Kier alpha value is -2.64. The molecule has 162 valence electrons. The highest BCUT2D eigenvalue weighted by atomic mass is 35.5. The topological polar surface area (TPSA) is 106 Å². The molecule has 0 unspecified atom stereocenters. The fourth-order valence-electron chi connectivity index (χ4n) is 2.56. The number of carboxylic acid groups (broad SMARTS) is 1. The third kappa shape index (κ3) is 5.35. The monoisotopic (exact) mass is 478 g/mol. The molecule has 0 aliphatic carbocycles. The normalized spacial score (nSPS) is 11.7.